The maximum atomic E-state index is 4.72. The summed E-state index contributed by atoms with van der Waals surface area (Å²) < 4.78 is 0. The second-order valence-corrected chi connectivity index (χ2v) is 6.35. The monoisotopic (exact) mass is 421 g/mol. The smallest absolute Gasteiger partial charge is 0.191 e. The summed E-state index contributed by atoms with van der Waals surface area (Å²) in [5, 5.41) is 6.66. The summed E-state index contributed by atoms with van der Waals surface area (Å²) >= 11 is 1.84. The Morgan fingerprint density at radius 1 is 1.19 bits per heavy atom. The maximum Gasteiger partial charge on any atom is 0.191 e. The molecule has 3 nitrogen and oxygen atoms in total. The first-order valence-corrected chi connectivity index (χ1v) is 8.56. The van der Waals surface area contributed by atoms with Gasteiger partial charge in [-0.2, -0.15) is 11.8 Å². The van der Waals surface area contributed by atoms with Gasteiger partial charge in [-0.1, -0.05) is 44.2 Å². The van der Waals surface area contributed by atoms with Gasteiger partial charge in [0.2, 0.25) is 0 Å². The molecule has 21 heavy (non-hydrogen) atoms. The quantitative estimate of drug-likeness (QED) is 0.306. The van der Waals surface area contributed by atoms with Crippen LogP contribution in [-0.2, 0) is 5.41 Å². The van der Waals surface area contributed by atoms with E-state index in [4.69, 9.17) is 4.99 Å². The zero-order valence-electron chi connectivity index (χ0n) is 13.5. The predicted molar refractivity (Wildman–Crippen MR) is 107 cm³/mol. The molecule has 0 unspecified atom stereocenters. The molecule has 1 aromatic rings. The molecule has 0 spiro atoms. The Balaban J connectivity index is 0.00000400. The van der Waals surface area contributed by atoms with E-state index in [0.29, 0.717) is 0 Å². The summed E-state index contributed by atoms with van der Waals surface area (Å²) in [5.74, 6) is 2.00. The first kappa shape index (κ1) is 20.6. The summed E-state index contributed by atoms with van der Waals surface area (Å²) in [4.78, 5) is 4.72. The zero-order valence-corrected chi connectivity index (χ0v) is 16.6. The first-order valence-electron chi connectivity index (χ1n) is 7.17. The number of hydrogen-bond acceptors (Lipinski definition) is 2. The van der Waals surface area contributed by atoms with E-state index in [1.165, 1.54) is 5.56 Å². The highest BCUT2D eigenvalue weighted by Crippen LogP contribution is 2.22. The molecule has 0 aliphatic rings. The Bertz CT molecular complexity index is 407. The Kier molecular flexibility index (Phi) is 11.0. The van der Waals surface area contributed by atoms with Crippen LogP contribution in [0.3, 0.4) is 0 Å². The van der Waals surface area contributed by atoms with E-state index in [1.54, 1.807) is 0 Å². The highest BCUT2D eigenvalue weighted by atomic mass is 127. The van der Waals surface area contributed by atoms with Gasteiger partial charge >= 0.3 is 0 Å². The molecule has 0 fully saturated rings. The van der Waals surface area contributed by atoms with E-state index in [0.717, 1.165) is 31.3 Å². The summed E-state index contributed by atoms with van der Waals surface area (Å²) in [7, 11) is 0. The van der Waals surface area contributed by atoms with Gasteiger partial charge in [0, 0.05) is 24.3 Å². The molecular formula is C16H28IN3S. The van der Waals surface area contributed by atoms with Crippen LogP contribution in [0.5, 0.6) is 0 Å². The molecule has 0 saturated heterocycles. The molecule has 0 heterocycles. The fourth-order valence-corrected chi connectivity index (χ4v) is 2.18. The van der Waals surface area contributed by atoms with Gasteiger partial charge in [0.05, 0.1) is 6.54 Å². The standard InChI is InChI=1S/C16H27N3S.HI/c1-5-17-15(18-11-12-20-4)19-13-16(2,3)14-9-7-6-8-10-14;/h6-10H,5,11-13H2,1-4H3,(H2,17,18,19);1H. The number of nitrogens with one attached hydrogen (secondary N) is 2. The van der Waals surface area contributed by atoms with Crippen LogP contribution in [0.4, 0.5) is 0 Å². The van der Waals surface area contributed by atoms with Gasteiger partial charge in [-0.25, -0.2) is 0 Å². The largest absolute Gasteiger partial charge is 0.357 e. The number of thioether (sulfide) groups is 1. The SMILES string of the molecule is CCNC(=NCC(C)(C)c1ccccc1)NCCSC.I. The van der Waals surface area contributed by atoms with Crippen LogP contribution in [0.15, 0.2) is 35.3 Å². The van der Waals surface area contributed by atoms with Crippen LogP contribution in [0.2, 0.25) is 0 Å². The average Bonchev–Trinajstić information content (AvgIpc) is 2.46. The maximum absolute atomic E-state index is 4.72. The number of benzene rings is 1. The number of halogens is 1. The number of rotatable bonds is 7. The Labute approximate surface area is 150 Å². The second-order valence-electron chi connectivity index (χ2n) is 5.36. The summed E-state index contributed by atoms with van der Waals surface area (Å²) in [6.07, 6.45) is 2.12. The third-order valence-electron chi connectivity index (χ3n) is 3.13. The van der Waals surface area contributed by atoms with Gasteiger partial charge in [0.15, 0.2) is 5.96 Å². The summed E-state index contributed by atoms with van der Waals surface area (Å²) in [5.41, 5.74) is 1.37. The number of nitrogens with zero attached hydrogens (tertiary/aromatic N) is 1. The lowest BCUT2D eigenvalue weighted by molar-refractivity contribution is 0.537. The summed E-state index contributed by atoms with van der Waals surface area (Å²) in [6, 6.07) is 10.6. The van der Waals surface area contributed by atoms with E-state index < -0.39 is 0 Å². The van der Waals surface area contributed by atoms with Crippen LogP contribution in [0.25, 0.3) is 0 Å². The Hall–Kier alpha value is -0.430. The van der Waals surface area contributed by atoms with Crippen molar-refractivity contribution in [2.75, 3.05) is 31.6 Å². The van der Waals surface area contributed by atoms with E-state index in [2.05, 4.69) is 68.0 Å². The van der Waals surface area contributed by atoms with Gasteiger partial charge < -0.3 is 10.6 Å². The molecule has 0 aliphatic carbocycles. The molecule has 1 aromatic carbocycles. The fraction of sp³-hybridized carbons (Fsp3) is 0.562. The average molecular weight is 421 g/mol. The lowest BCUT2D eigenvalue weighted by Crippen LogP contribution is -2.39. The molecule has 1 rings (SSSR count). The zero-order chi connectivity index (χ0) is 14.8. The number of guanidine groups is 1. The molecule has 0 atom stereocenters. The molecule has 120 valence electrons. The van der Waals surface area contributed by atoms with Crippen LogP contribution in [-0.4, -0.2) is 37.6 Å². The van der Waals surface area contributed by atoms with Crippen molar-refractivity contribution in [3.8, 4) is 0 Å². The highest BCUT2D eigenvalue weighted by Gasteiger charge is 2.19. The Morgan fingerprint density at radius 2 is 1.86 bits per heavy atom. The van der Waals surface area contributed by atoms with Gasteiger partial charge in [0.25, 0.3) is 0 Å². The molecule has 5 heteroatoms. The van der Waals surface area contributed by atoms with Crippen molar-refractivity contribution < 1.29 is 0 Å². The second kappa shape index (κ2) is 11.2. The molecule has 0 aliphatic heterocycles. The van der Waals surface area contributed by atoms with Crippen molar-refractivity contribution in [2.45, 2.75) is 26.2 Å². The van der Waals surface area contributed by atoms with Gasteiger partial charge in [-0.3, -0.25) is 4.99 Å². The van der Waals surface area contributed by atoms with Gasteiger partial charge in [-0.15, -0.1) is 24.0 Å². The molecule has 2 N–H and O–H groups in total. The van der Waals surface area contributed by atoms with Crippen molar-refractivity contribution in [2.24, 2.45) is 4.99 Å². The topological polar surface area (TPSA) is 36.4 Å². The van der Waals surface area contributed by atoms with Crippen LogP contribution >= 0.6 is 35.7 Å². The highest BCUT2D eigenvalue weighted by molar-refractivity contribution is 14.0. The third kappa shape index (κ3) is 7.95. The first-order chi connectivity index (χ1) is 9.60. The molecule has 0 radical (unpaired) electrons. The molecule has 0 saturated carbocycles. The van der Waals surface area contributed by atoms with E-state index in [1.807, 2.05) is 11.8 Å². The normalized spacial score (nSPS) is 11.7. The van der Waals surface area contributed by atoms with Crippen molar-refractivity contribution in [3.05, 3.63) is 35.9 Å². The minimum atomic E-state index is 0. The van der Waals surface area contributed by atoms with Crippen molar-refractivity contribution in [1.82, 2.24) is 10.6 Å². The lowest BCUT2D eigenvalue weighted by Gasteiger charge is -2.23. The third-order valence-corrected chi connectivity index (χ3v) is 3.74. The molecule has 0 bridgehead atoms. The number of hydrogen-bond donors (Lipinski definition) is 2. The predicted octanol–water partition coefficient (Wildman–Crippen LogP) is 3.50. The van der Waals surface area contributed by atoms with Crippen molar-refractivity contribution in [1.29, 1.82) is 0 Å². The van der Waals surface area contributed by atoms with Crippen LogP contribution in [0.1, 0.15) is 26.3 Å². The Morgan fingerprint density at radius 3 is 2.43 bits per heavy atom. The van der Waals surface area contributed by atoms with E-state index >= 15 is 0 Å². The van der Waals surface area contributed by atoms with Gasteiger partial charge in [0.1, 0.15) is 0 Å². The molecule has 0 aromatic heterocycles. The van der Waals surface area contributed by atoms with Crippen molar-refractivity contribution >= 4 is 41.7 Å². The minimum Gasteiger partial charge on any atom is -0.357 e. The lowest BCUT2D eigenvalue weighted by atomic mass is 9.85. The van der Waals surface area contributed by atoms with Crippen molar-refractivity contribution in [3.63, 3.8) is 0 Å². The van der Waals surface area contributed by atoms with Crippen LogP contribution in [0, 0.1) is 0 Å². The summed E-state index contributed by atoms with van der Waals surface area (Å²) in [6.45, 7) is 9.16. The van der Waals surface area contributed by atoms with Gasteiger partial charge in [-0.05, 0) is 18.7 Å². The van der Waals surface area contributed by atoms with Crippen LogP contribution < -0.4 is 10.6 Å². The molecular weight excluding hydrogens is 393 g/mol. The van der Waals surface area contributed by atoms with E-state index in [-0.39, 0.29) is 29.4 Å². The molecule has 0 amide bonds. The number of aliphatic imine (C=N–C) groups is 1. The van der Waals surface area contributed by atoms with E-state index in [9.17, 15) is 0 Å². The fourth-order valence-electron chi connectivity index (χ4n) is 1.87. The minimum absolute atomic E-state index is 0.